The molecule has 6 aromatic rings. The summed E-state index contributed by atoms with van der Waals surface area (Å²) in [6, 6.07) is 17.4. The van der Waals surface area contributed by atoms with Gasteiger partial charge in [-0.1, -0.05) is 51.1 Å². The van der Waals surface area contributed by atoms with Crippen LogP contribution in [0.4, 0.5) is 0 Å². The molecule has 4 aromatic heterocycles. The van der Waals surface area contributed by atoms with Crippen molar-refractivity contribution in [3.63, 3.8) is 0 Å². The third-order valence-electron chi connectivity index (χ3n) is 6.09. The van der Waals surface area contributed by atoms with Gasteiger partial charge in [0.2, 0.25) is 5.88 Å². The first-order valence-corrected chi connectivity index (χ1v) is 11.4. The van der Waals surface area contributed by atoms with Crippen molar-refractivity contribution in [2.45, 2.75) is 26.2 Å². The summed E-state index contributed by atoms with van der Waals surface area (Å²) < 4.78 is 8.26. The molecule has 172 valence electrons. The standard InChI is InChI=1S/C28H23N5O2/c1-28(2,3)20-14-25(32-27-18(20)8-6-10-23(27)34)35-17-13-22-26(31-15-17)19-7-4-5-9-21(19)33(22)24-16-29-11-12-30-24/h4-16,34H,1-3H3. The topological polar surface area (TPSA) is 86.0 Å². The molecule has 2 aromatic carbocycles. The van der Waals surface area contributed by atoms with Crippen LogP contribution in [-0.4, -0.2) is 29.6 Å². The molecule has 35 heavy (non-hydrogen) atoms. The second-order valence-corrected chi connectivity index (χ2v) is 9.49. The first kappa shape index (κ1) is 21.0. The molecule has 0 unspecified atom stereocenters. The number of benzene rings is 2. The number of hydrogen-bond acceptors (Lipinski definition) is 6. The molecule has 0 spiro atoms. The number of aromatic nitrogens is 5. The second-order valence-electron chi connectivity index (χ2n) is 9.49. The van der Waals surface area contributed by atoms with Gasteiger partial charge in [0, 0.05) is 35.3 Å². The minimum atomic E-state index is -0.173. The van der Waals surface area contributed by atoms with Crippen LogP contribution < -0.4 is 4.74 Å². The van der Waals surface area contributed by atoms with E-state index >= 15 is 0 Å². The lowest BCUT2D eigenvalue weighted by Crippen LogP contribution is -2.12. The highest BCUT2D eigenvalue weighted by Gasteiger charge is 2.21. The fourth-order valence-corrected chi connectivity index (χ4v) is 4.52. The first-order chi connectivity index (χ1) is 16.9. The van der Waals surface area contributed by atoms with Crippen LogP contribution in [-0.2, 0) is 5.41 Å². The summed E-state index contributed by atoms with van der Waals surface area (Å²) in [7, 11) is 0. The van der Waals surface area contributed by atoms with Crippen LogP contribution in [0.2, 0.25) is 0 Å². The zero-order valence-electron chi connectivity index (χ0n) is 19.6. The maximum atomic E-state index is 10.5. The summed E-state index contributed by atoms with van der Waals surface area (Å²) in [5, 5.41) is 12.4. The number of nitrogens with zero attached hydrogens (tertiary/aromatic N) is 5. The molecule has 7 heteroatoms. The molecule has 1 N–H and O–H groups in total. The molecule has 0 radical (unpaired) electrons. The monoisotopic (exact) mass is 461 g/mol. The smallest absolute Gasteiger partial charge is 0.220 e. The van der Waals surface area contributed by atoms with Gasteiger partial charge in [-0.2, -0.15) is 0 Å². The molecule has 0 atom stereocenters. The van der Waals surface area contributed by atoms with Crippen molar-refractivity contribution in [3.8, 4) is 23.2 Å². The van der Waals surface area contributed by atoms with E-state index in [1.54, 1.807) is 30.9 Å². The number of fused-ring (bicyclic) bond motifs is 4. The molecule has 0 aliphatic carbocycles. The van der Waals surface area contributed by atoms with Gasteiger partial charge < -0.3 is 9.84 Å². The van der Waals surface area contributed by atoms with Gasteiger partial charge in [-0.05, 0) is 23.1 Å². The fraction of sp³-hybridized carbons (Fsp3) is 0.143. The van der Waals surface area contributed by atoms with Gasteiger partial charge in [0.25, 0.3) is 0 Å². The Balaban J connectivity index is 1.53. The van der Waals surface area contributed by atoms with Crippen LogP contribution in [0.15, 0.2) is 79.4 Å². The van der Waals surface area contributed by atoms with E-state index in [-0.39, 0.29) is 11.2 Å². The number of para-hydroxylation sites is 2. The van der Waals surface area contributed by atoms with Crippen LogP contribution in [0, 0.1) is 0 Å². The van der Waals surface area contributed by atoms with Crippen molar-refractivity contribution < 1.29 is 9.84 Å². The van der Waals surface area contributed by atoms with Crippen LogP contribution in [0.25, 0.3) is 38.7 Å². The molecule has 4 heterocycles. The van der Waals surface area contributed by atoms with Gasteiger partial charge in [0.1, 0.15) is 17.0 Å². The Kier molecular flexibility index (Phi) is 4.67. The quantitative estimate of drug-likeness (QED) is 0.332. The summed E-state index contributed by atoms with van der Waals surface area (Å²) in [5.74, 6) is 1.75. The SMILES string of the molecule is CC(C)(C)c1cc(Oc2cnc3c4ccccc4n(-c4cnccn4)c3c2)nc2c(O)cccc12. The van der Waals surface area contributed by atoms with Crippen molar-refractivity contribution in [3.05, 3.63) is 84.9 Å². The summed E-state index contributed by atoms with van der Waals surface area (Å²) in [6.07, 6.45) is 6.74. The highest BCUT2D eigenvalue weighted by Crippen LogP contribution is 2.37. The summed E-state index contributed by atoms with van der Waals surface area (Å²) in [5.41, 5.74) is 4.06. The third kappa shape index (κ3) is 3.52. The Labute approximate surface area is 201 Å². The summed E-state index contributed by atoms with van der Waals surface area (Å²) in [6.45, 7) is 6.38. The molecular weight excluding hydrogens is 438 g/mol. The number of rotatable bonds is 3. The van der Waals surface area contributed by atoms with Crippen molar-refractivity contribution in [2.75, 3.05) is 0 Å². The third-order valence-corrected chi connectivity index (χ3v) is 6.09. The second kappa shape index (κ2) is 7.77. The van der Waals surface area contributed by atoms with E-state index < -0.39 is 0 Å². The van der Waals surface area contributed by atoms with Gasteiger partial charge in [0.05, 0.1) is 28.9 Å². The van der Waals surface area contributed by atoms with Gasteiger partial charge in [-0.3, -0.25) is 14.5 Å². The predicted octanol–water partition coefficient (Wildman–Crippen LogP) is 6.31. The lowest BCUT2D eigenvalue weighted by atomic mass is 9.85. The van der Waals surface area contributed by atoms with E-state index in [4.69, 9.17) is 9.72 Å². The normalized spacial score (nSPS) is 12.0. The average molecular weight is 462 g/mol. The molecule has 6 rings (SSSR count). The van der Waals surface area contributed by atoms with E-state index in [1.807, 2.05) is 53.1 Å². The number of ether oxygens (including phenoxy) is 1. The van der Waals surface area contributed by atoms with Crippen molar-refractivity contribution >= 4 is 32.8 Å². The molecular formula is C28H23N5O2. The Morgan fingerprint density at radius 1 is 0.829 bits per heavy atom. The maximum absolute atomic E-state index is 10.5. The largest absolute Gasteiger partial charge is 0.506 e. The molecule has 0 aliphatic heterocycles. The molecule has 0 aliphatic rings. The number of phenols is 1. The molecule has 0 saturated heterocycles. The van der Waals surface area contributed by atoms with Gasteiger partial charge >= 0.3 is 0 Å². The predicted molar refractivity (Wildman–Crippen MR) is 136 cm³/mol. The van der Waals surface area contributed by atoms with Crippen molar-refractivity contribution in [1.29, 1.82) is 0 Å². The summed E-state index contributed by atoms with van der Waals surface area (Å²) >= 11 is 0. The van der Waals surface area contributed by atoms with E-state index in [9.17, 15) is 5.11 Å². The molecule has 0 fully saturated rings. The van der Waals surface area contributed by atoms with Crippen LogP contribution >= 0.6 is 0 Å². The lowest BCUT2D eigenvalue weighted by Gasteiger charge is -2.22. The Morgan fingerprint density at radius 3 is 2.46 bits per heavy atom. The average Bonchev–Trinajstić information content (AvgIpc) is 3.18. The molecule has 0 bridgehead atoms. The fourth-order valence-electron chi connectivity index (χ4n) is 4.52. The van der Waals surface area contributed by atoms with E-state index in [0.717, 1.165) is 32.9 Å². The van der Waals surface area contributed by atoms with E-state index in [0.29, 0.717) is 23.0 Å². The molecule has 7 nitrogen and oxygen atoms in total. The zero-order chi connectivity index (χ0) is 24.2. The first-order valence-electron chi connectivity index (χ1n) is 11.4. The van der Waals surface area contributed by atoms with E-state index in [1.165, 1.54) is 0 Å². The maximum Gasteiger partial charge on any atom is 0.220 e. The van der Waals surface area contributed by atoms with Crippen LogP contribution in [0.3, 0.4) is 0 Å². The molecule has 0 amide bonds. The number of hydrogen-bond donors (Lipinski definition) is 1. The highest BCUT2D eigenvalue weighted by molar-refractivity contribution is 6.07. The Hall–Kier alpha value is -4.52. The van der Waals surface area contributed by atoms with Gasteiger partial charge in [-0.25, -0.2) is 9.97 Å². The minimum Gasteiger partial charge on any atom is -0.506 e. The highest BCUT2D eigenvalue weighted by atomic mass is 16.5. The number of aromatic hydroxyl groups is 1. The Morgan fingerprint density at radius 2 is 1.66 bits per heavy atom. The zero-order valence-corrected chi connectivity index (χ0v) is 19.6. The van der Waals surface area contributed by atoms with Gasteiger partial charge in [-0.15, -0.1) is 0 Å². The molecule has 0 saturated carbocycles. The van der Waals surface area contributed by atoms with Crippen molar-refractivity contribution in [2.24, 2.45) is 0 Å². The summed E-state index contributed by atoms with van der Waals surface area (Å²) in [4.78, 5) is 18.1. The number of phenolic OH excluding ortho intramolecular Hbond substituents is 1. The minimum absolute atomic E-state index is 0.120. The van der Waals surface area contributed by atoms with E-state index in [2.05, 4.69) is 35.7 Å². The van der Waals surface area contributed by atoms with Crippen LogP contribution in [0.5, 0.6) is 17.4 Å². The number of pyridine rings is 2. The lowest BCUT2D eigenvalue weighted by molar-refractivity contribution is 0.455. The van der Waals surface area contributed by atoms with Crippen LogP contribution in [0.1, 0.15) is 26.3 Å². The van der Waals surface area contributed by atoms with Gasteiger partial charge in [0.15, 0.2) is 5.82 Å². The Bertz CT molecular complexity index is 1720. The van der Waals surface area contributed by atoms with Crippen molar-refractivity contribution in [1.82, 2.24) is 24.5 Å².